The number of likely N-dealkylation sites (tertiary alicyclic amines) is 1. The number of anilines is 1. The van der Waals surface area contributed by atoms with E-state index in [1.165, 1.54) is 11.3 Å². The molecule has 3 heterocycles. The van der Waals surface area contributed by atoms with Gasteiger partial charge in [-0.05, 0) is 54.0 Å². The first-order valence-corrected chi connectivity index (χ1v) is 11.8. The molecule has 2 amide bonds. The second-order valence-electron chi connectivity index (χ2n) is 9.24. The summed E-state index contributed by atoms with van der Waals surface area (Å²) >= 11 is 0. The summed E-state index contributed by atoms with van der Waals surface area (Å²) < 4.78 is 0. The molecule has 1 unspecified atom stereocenters. The van der Waals surface area contributed by atoms with Crippen LogP contribution in [0.2, 0.25) is 0 Å². The Bertz CT molecular complexity index is 1040. The Morgan fingerprint density at radius 1 is 0.969 bits per heavy atom. The van der Waals surface area contributed by atoms with Crippen LogP contribution in [0.25, 0.3) is 6.08 Å². The Labute approximate surface area is 190 Å². The zero-order valence-corrected chi connectivity index (χ0v) is 18.7. The highest BCUT2D eigenvalue weighted by Gasteiger charge is 2.32. The van der Waals surface area contributed by atoms with Crippen molar-refractivity contribution in [3.05, 3.63) is 71.4 Å². The van der Waals surface area contributed by atoms with Crippen LogP contribution in [-0.2, 0) is 16.0 Å². The number of piperidine rings is 1. The molecule has 1 saturated heterocycles. The van der Waals surface area contributed by atoms with Gasteiger partial charge in [-0.2, -0.15) is 0 Å². The van der Waals surface area contributed by atoms with Crippen molar-refractivity contribution < 1.29 is 9.59 Å². The summed E-state index contributed by atoms with van der Waals surface area (Å²) in [5, 5.41) is 0. The molecule has 5 nitrogen and oxygen atoms in total. The van der Waals surface area contributed by atoms with E-state index in [9.17, 15) is 9.59 Å². The molecule has 3 aliphatic rings. The van der Waals surface area contributed by atoms with Gasteiger partial charge < -0.3 is 14.7 Å². The third kappa shape index (κ3) is 4.04. The number of benzene rings is 2. The van der Waals surface area contributed by atoms with E-state index >= 15 is 0 Å². The summed E-state index contributed by atoms with van der Waals surface area (Å²) in [5.41, 5.74) is 4.99. The van der Waals surface area contributed by atoms with Crippen LogP contribution in [0.5, 0.6) is 0 Å². The van der Waals surface area contributed by atoms with Gasteiger partial charge in [-0.3, -0.25) is 9.59 Å². The van der Waals surface area contributed by atoms with Crippen molar-refractivity contribution in [2.45, 2.75) is 38.6 Å². The molecule has 32 heavy (non-hydrogen) atoms. The summed E-state index contributed by atoms with van der Waals surface area (Å²) in [6, 6.07) is 16.6. The predicted molar refractivity (Wildman–Crippen MR) is 127 cm³/mol. The monoisotopic (exact) mass is 429 g/mol. The van der Waals surface area contributed by atoms with Crippen LogP contribution in [0.3, 0.4) is 0 Å². The number of carbonyl (C=O) groups is 2. The highest BCUT2D eigenvalue weighted by atomic mass is 16.2. The Hall–Kier alpha value is -3.08. The van der Waals surface area contributed by atoms with Crippen LogP contribution in [0, 0.1) is 5.92 Å². The van der Waals surface area contributed by atoms with Crippen LogP contribution in [0.1, 0.15) is 48.9 Å². The number of rotatable bonds is 4. The minimum atomic E-state index is -0.222. The fourth-order valence-corrected chi connectivity index (χ4v) is 5.48. The molecule has 2 aromatic carbocycles. The molecule has 3 aliphatic heterocycles. The zero-order valence-electron chi connectivity index (χ0n) is 18.7. The van der Waals surface area contributed by atoms with Gasteiger partial charge in [0.15, 0.2) is 0 Å². The molecule has 0 bridgehead atoms. The van der Waals surface area contributed by atoms with Gasteiger partial charge in [-0.25, -0.2) is 0 Å². The van der Waals surface area contributed by atoms with Crippen molar-refractivity contribution in [1.29, 1.82) is 0 Å². The Morgan fingerprint density at radius 2 is 1.72 bits per heavy atom. The summed E-state index contributed by atoms with van der Waals surface area (Å²) in [4.78, 5) is 31.7. The van der Waals surface area contributed by atoms with Crippen LogP contribution in [0.15, 0.2) is 54.7 Å². The topological polar surface area (TPSA) is 43.9 Å². The Balaban J connectivity index is 1.20. The molecule has 0 aromatic heterocycles. The van der Waals surface area contributed by atoms with Crippen molar-refractivity contribution in [2.24, 2.45) is 5.92 Å². The average molecular weight is 430 g/mol. The lowest BCUT2D eigenvalue weighted by atomic mass is 9.92. The van der Waals surface area contributed by atoms with Crippen LogP contribution >= 0.6 is 0 Å². The van der Waals surface area contributed by atoms with E-state index in [0.29, 0.717) is 12.3 Å². The first-order chi connectivity index (χ1) is 15.6. The number of hydrogen-bond acceptors (Lipinski definition) is 3. The first-order valence-electron chi connectivity index (χ1n) is 11.8. The highest BCUT2D eigenvalue weighted by molar-refractivity contribution is 5.82. The van der Waals surface area contributed by atoms with E-state index in [1.54, 1.807) is 11.8 Å². The van der Waals surface area contributed by atoms with Crippen molar-refractivity contribution in [2.75, 3.05) is 31.1 Å². The standard InChI is InChI=1S/C27H31N3O2/c1-20(31)30-17-13-22-6-2-4-8-24(22)26(30)18-27(32)28-14-10-21(11-15-28)19-29-16-12-23-7-3-5-9-25(23)29/h2-9,13,17,21,26H,10-12,14-16,18-19H2,1H3. The van der Waals surface area contributed by atoms with Crippen LogP contribution in [-0.4, -0.2) is 47.8 Å². The van der Waals surface area contributed by atoms with Gasteiger partial charge in [-0.15, -0.1) is 0 Å². The van der Waals surface area contributed by atoms with Gasteiger partial charge in [0.2, 0.25) is 11.8 Å². The summed E-state index contributed by atoms with van der Waals surface area (Å²) in [5.74, 6) is 0.742. The Kier molecular flexibility index (Phi) is 5.73. The molecule has 2 aromatic rings. The molecule has 0 N–H and O–H groups in total. The number of para-hydroxylation sites is 1. The predicted octanol–water partition coefficient (Wildman–Crippen LogP) is 4.25. The summed E-state index contributed by atoms with van der Waals surface area (Å²) in [6.07, 6.45) is 7.34. The van der Waals surface area contributed by atoms with Gasteiger partial charge in [0.1, 0.15) is 0 Å². The largest absolute Gasteiger partial charge is 0.371 e. The lowest BCUT2D eigenvalue weighted by molar-refractivity contribution is -0.135. The van der Waals surface area contributed by atoms with Crippen molar-refractivity contribution in [1.82, 2.24) is 9.80 Å². The smallest absolute Gasteiger partial charge is 0.225 e. The van der Waals surface area contributed by atoms with E-state index in [2.05, 4.69) is 29.2 Å². The quantitative estimate of drug-likeness (QED) is 0.730. The van der Waals surface area contributed by atoms with Crippen molar-refractivity contribution >= 4 is 23.6 Å². The molecule has 0 radical (unpaired) electrons. The molecule has 166 valence electrons. The number of nitrogens with zero attached hydrogens (tertiary/aromatic N) is 3. The number of fused-ring (bicyclic) bond motifs is 2. The first kappa shape index (κ1) is 20.8. The van der Waals surface area contributed by atoms with Gasteiger partial charge in [-0.1, -0.05) is 42.5 Å². The normalized spacial score (nSPS) is 20.3. The zero-order chi connectivity index (χ0) is 22.1. The van der Waals surface area contributed by atoms with Gasteiger partial charge in [0, 0.05) is 45.0 Å². The molecule has 0 spiro atoms. The number of hydrogen-bond donors (Lipinski definition) is 0. The fraction of sp³-hybridized carbons (Fsp3) is 0.407. The molecule has 0 saturated carbocycles. The van der Waals surface area contributed by atoms with E-state index in [-0.39, 0.29) is 17.9 Å². The maximum Gasteiger partial charge on any atom is 0.225 e. The van der Waals surface area contributed by atoms with E-state index in [4.69, 9.17) is 0 Å². The third-order valence-electron chi connectivity index (χ3n) is 7.27. The molecule has 0 aliphatic carbocycles. The second-order valence-corrected chi connectivity index (χ2v) is 9.24. The summed E-state index contributed by atoms with van der Waals surface area (Å²) in [7, 11) is 0. The van der Waals surface area contributed by atoms with Crippen molar-refractivity contribution in [3.63, 3.8) is 0 Å². The third-order valence-corrected chi connectivity index (χ3v) is 7.27. The maximum absolute atomic E-state index is 13.2. The molecule has 5 rings (SSSR count). The SMILES string of the molecule is CC(=O)N1C=Cc2ccccc2C1CC(=O)N1CCC(CN2CCc3ccccc32)CC1. The van der Waals surface area contributed by atoms with E-state index < -0.39 is 0 Å². The lowest BCUT2D eigenvalue weighted by Gasteiger charge is -2.37. The second kappa shape index (κ2) is 8.81. The average Bonchev–Trinajstić information content (AvgIpc) is 3.22. The maximum atomic E-state index is 13.2. The van der Waals surface area contributed by atoms with E-state index in [1.807, 2.05) is 41.4 Å². The minimum absolute atomic E-state index is 0.0295. The van der Waals surface area contributed by atoms with Crippen LogP contribution in [0.4, 0.5) is 5.69 Å². The molecule has 5 heteroatoms. The fourth-order valence-electron chi connectivity index (χ4n) is 5.48. The molecular formula is C27H31N3O2. The van der Waals surface area contributed by atoms with Crippen molar-refractivity contribution in [3.8, 4) is 0 Å². The number of amides is 2. The van der Waals surface area contributed by atoms with Crippen LogP contribution < -0.4 is 4.90 Å². The molecule has 1 atom stereocenters. The van der Waals surface area contributed by atoms with E-state index in [0.717, 1.165) is 56.6 Å². The molecular weight excluding hydrogens is 398 g/mol. The van der Waals surface area contributed by atoms with Gasteiger partial charge in [0.05, 0.1) is 12.5 Å². The summed E-state index contributed by atoms with van der Waals surface area (Å²) in [6.45, 7) is 5.37. The van der Waals surface area contributed by atoms with Gasteiger partial charge in [0.25, 0.3) is 0 Å². The number of carbonyl (C=O) groups excluding carboxylic acids is 2. The van der Waals surface area contributed by atoms with Gasteiger partial charge >= 0.3 is 0 Å². The Morgan fingerprint density at radius 3 is 2.53 bits per heavy atom. The highest BCUT2D eigenvalue weighted by Crippen LogP contribution is 2.34. The molecule has 1 fully saturated rings. The lowest BCUT2D eigenvalue weighted by Crippen LogP contribution is -2.43. The minimum Gasteiger partial charge on any atom is -0.371 e.